The van der Waals surface area contributed by atoms with Crippen LogP contribution in [-0.4, -0.2) is 54.6 Å². The average molecular weight is 450 g/mol. The summed E-state index contributed by atoms with van der Waals surface area (Å²) < 4.78 is 8.20. The fraction of sp³-hybridized carbons (Fsp3) is 0.333. The van der Waals surface area contributed by atoms with Crippen molar-refractivity contribution in [3.8, 4) is 16.9 Å². The molecule has 2 N–H and O–H groups in total. The molecule has 0 saturated heterocycles. The first-order valence-electron chi connectivity index (χ1n) is 9.05. The SMILES string of the molecule is OCCN(CCO)CCCOc1ccc2c(-c3ccc(Br)cc3)csc2c1. The number of halogens is 1. The van der Waals surface area contributed by atoms with Gasteiger partial charge in [0.15, 0.2) is 0 Å². The molecule has 144 valence electrons. The van der Waals surface area contributed by atoms with Gasteiger partial charge in [0.2, 0.25) is 0 Å². The average Bonchev–Trinajstić information content (AvgIpc) is 3.09. The summed E-state index contributed by atoms with van der Waals surface area (Å²) in [6.07, 6.45) is 0.854. The number of aliphatic hydroxyl groups is 2. The molecule has 2 aromatic carbocycles. The Morgan fingerprint density at radius 2 is 1.70 bits per heavy atom. The highest BCUT2D eigenvalue weighted by Gasteiger charge is 2.08. The van der Waals surface area contributed by atoms with Gasteiger partial charge in [0.05, 0.1) is 19.8 Å². The molecule has 0 aliphatic rings. The molecule has 6 heteroatoms. The molecule has 27 heavy (non-hydrogen) atoms. The van der Waals surface area contributed by atoms with Crippen LogP contribution in [0.15, 0.2) is 52.3 Å². The summed E-state index contributed by atoms with van der Waals surface area (Å²) in [5.41, 5.74) is 2.46. The molecule has 0 fully saturated rings. The zero-order valence-corrected chi connectivity index (χ0v) is 17.5. The van der Waals surface area contributed by atoms with Crippen LogP contribution in [0.2, 0.25) is 0 Å². The van der Waals surface area contributed by atoms with Crippen LogP contribution in [0, 0.1) is 0 Å². The lowest BCUT2D eigenvalue weighted by Crippen LogP contribution is -2.31. The van der Waals surface area contributed by atoms with Gasteiger partial charge in [-0.15, -0.1) is 11.3 Å². The van der Waals surface area contributed by atoms with Crippen LogP contribution in [-0.2, 0) is 0 Å². The van der Waals surface area contributed by atoms with Gasteiger partial charge in [0, 0.05) is 39.8 Å². The molecule has 0 aliphatic heterocycles. The first-order chi connectivity index (χ1) is 13.2. The minimum absolute atomic E-state index is 0.108. The fourth-order valence-corrected chi connectivity index (χ4v) is 4.31. The molecule has 3 rings (SSSR count). The van der Waals surface area contributed by atoms with Gasteiger partial charge in [-0.05, 0) is 47.7 Å². The first kappa shape index (κ1) is 20.3. The molecule has 0 amide bonds. The molecule has 0 bridgehead atoms. The van der Waals surface area contributed by atoms with E-state index in [9.17, 15) is 0 Å². The quantitative estimate of drug-likeness (QED) is 0.450. The van der Waals surface area contributed by atoms with E-state index in [1.54, 1.807) is 11.3 Å². The third-order valence-electron chi connectivity index (χ3n) is 4.42. The predicted octanol–water partition coefficient (Wildman–Crippen LogP) is 4.39. The predicted molar refractivity (Wildman–Crippen MR) is 116 cm³/mol. The molecule has 0 unspecified atom stereocenters. The molecular formula is C21H24BrNO3S. The van der Waals surface area contributed by atoms with Gasteiger partial charge in [0.25, 0.3) is 0 Å². The first-order valence-corrected chi connectivity index (χ1v) is 10.7. The van der Waals surface area contributed by atoms with Crippen LogP contribution in [0.3, 0.4) is 0 Å². The van der Waals surface area contributed by atoms with Crippen molar-refractivity contribution in [1.82, 2.24) is 4.90 Å². The maximum absolute atomic E-state index is 9.04. The smallest absolute Gasteiger partial charge is 0.120 e. The van der Waals surface area contributed by atoms with Gasteiger partial charge in [0.1, 0.15) is 5.75 Å². The molecular weight excluding hydrogens is 426 g/mol. The topological polar surface area (TPSA) is 52.9 Å². The van der Waals surface area contributed by atoms with Crippen molar-refractivity contribution in [1.29, 1.82) is 0 Å². The van der Waals surface area contributed by atoms with Crippen molar-refractivity contribution in [2.24, 2.45) is 0 Å². The molecule has 3 aromatic rings. The van der Waals surface area contributed by atoms with E-state index >= 15 is 0 Å². The monoisotopic (exact) mass is 449 g/mol. The van der Waals surface area contributed by atoms with E-state index in [2.05, 4.69) is 57.7 Å². The lowest BCUT2D eigenvalue weighted by atomic mass is 10.1. The molecule has 1 heterocycles. The second kappa shape index (κ2) is 10.2. The normalized spacial score (nSPS) is 11.4. The van der Waals surface area contributed by atoms with Crippen molar-refractivity contribution >= 4 is 37.4 Å². The van der Waals surface area contributed by atoms with Crippen LogP contribution in [0.5, 0.6) is 5.75 Å². The van der Waals surface area contributed by atoms with Gasteiger partial charge in [-0.25, -0.2) is 0 Å². The number of ether oxygens (including phenoxy) is 1. The van der Waals surface area contributed by atoms with Gasteiger partial charge in [-0.2, -0.15) is 0 Å². The second-order valence-electron chi connectivity index (χ2n) is 6.31. The van der Waals surface area contributed by atoms with Crippen LogP contribution >= 0.6 is 27.3 Å². The van der Waals surface area contributed by atoms with Gasteiger partial charge >= 0.3 is 0 Å². The summed E-state index contributed by atoms with van der Waals surface area (Å²) in [7, 11) is 0. The maximum Gasteiger partial charge on any atom is 0.120 e. The van der Waals surface area contributed by atoms with E-state index in [1.165, 1.54) is 21.2 Å². The molecule has 0 saturated carbocycles. The minimum Gasteiger partial charge on any atom is -0.493 e. The summed E-state index contributed by atoms with van der Waals surface area (Å²) >= 11 is 5.21. The summed E-state index contributed by atoms with van der Waals surface area (Å²) in [4.78, 5) is 2.04. The Hall–Kier alpha value is -1.44. The van der Waals surface area contributed by atoms with Crippen molar-refractivity contribution in [2.75, 3.05) is 39.5 Å². The van der Waals surface area contributed by atoms with Gasteiger partial charge < -0.3 is 14.9 Å². The number of nitrogens with zero attached hydrogens (tertiary/aromatic N) is 1. The summed E-state index contributed by atoms with van der Waals surface area (Å²) in [6, 6.07) is 14.6. The largest absolute Gasteiger partial charge is 0.493 e. The van der Waals surface area contributed by atoms with Crippen molar-refractivity contribution < 1.29 is 14.9 Å². The zero-order chi connectivity index (χ0) is 19.1. The Bertz CT molecular complexity index is 844. The van der Waals surface area contributed by atoms with Crippen LogP contribution < -0.4 is 4.74 Å². The molecule has 0 spiro atoms. The van der Waals surface area contributed by atoms with E-state index in [-0.39, 0.29) is 13.2 Å². The summed E-state index contributed by atoms with van der Waals surface area (Å²) in [6.45, 7) is 2.80. The van der Waals surface area contributed by atoms with Crippen LogP contribution in [0.25, 0.3) is 21.2 Å². The molecule has 4 nitrogen and oxygen atoms in total. The summed E-state index contributed by atoms with van der Waals surface area (Å²) in [5.74, 6) is 0.877. The second-order valence-corrected chi connectivity index (χ2v) is 8.13. The third-order valence-corrected chi connectivity index (χ3v) is 5.90. The number of aliphatic hydroxyl groups excluding tert-OH is 2. The standard InChI is InChI=1S/C21H24BrNO3S/c22-17-4-2-16(3-5-17)20-15-27-21-14-18(6-7-19(20)21)26-13-1-8-23(9-11-24)10-12-25/h2-7,14-15,24-25H,1,8-13H2. The van der Waals surface area contributed by atoms with E-state index in [0.717, 1.165) is 23.2 Å². The Morgan fingerprint density at radius 3 is 2.41 bits per heavy atom. The van der Waals surface area contributed by atoms with Crippen LogP contribution in [0.1, 0.15) is 6.42 Å². The lowest BCUT2D eigenvalue weighted by Gasteiger charge is -2.19. The highest BCUT2D eigenvalue weighted by atomic mass is 79.9. The highest BCUT2D eigenvalue weighted by molar-refractivity contribution is 9.10. The Labute approximate surface area is 172 Å². The molecule has 1 aromatic heterocycles. The number of fused-ring (bicyclic) bond motifs is 1. The Kier molecular flexibility index (Phi) is 7.67. The number of hydrogen-bond acceptors (Lipinski definition) is 5. The van der Waals surface area contributed by atoms with E-state index in [4.69, 9.17) is 14.9 Å². The number of hydrogen-bond donors (Lipinski definition) is 2. The third kappa shape index (κ3) is 5.53. The minimum atomic E-state index is 0.108. The van der Waals surface area contributed by atoms with Crippen molar-refractivity contribution in [3.63, 3.8) is 0 Å². The zero-order valence-electron chi connectivity index (χ0n) is 15.1. The fourth-order valence-electron chi connectivity index (χ4n) is 3.05. The molecule has 0 radical (unpaired) electrons. The van der Waals surface area contributed by atoms with E-state index in [0.29, 0.717) is 19.7 Å². The van der Waals surface area contributed by atoms with E-state index < -0.39 is 0 Å². The molecule has 0 atom stereocenters. The van der Waals surface area contributed by atoms with Crippen molar-refractivity contribution in [2.45, 2.75) is 6.42 Å². The lowest BCUT2D eigenvalue weighted by molar-refractivity contribution is 0.153. The van der Waals surface area contributed by atoms with Crippen LogP contribution in [0.4, 0.5) is 0 Å². The number of thiophene rings is 1. The summed E-state index contributed by atoms with van der Waals surface area (Å²) in [5, 5.41) is 21.5. The number of rotatable bonds is 10. The maximum atomic E-state index is 9.04. The van der Waals surface area contributed by atoms with E-state index in [1.807, 2.05) is 11.0 Å². The highest BCUT2D eigenvalue weighted by Crippen LogP contribution is 2.36. The van der Waals surface area contributed by atoms with Gasteiger partial charge in [-0.1, -0.05) is 28.1 Å². The number of benzene rings is 2. The van der Waals surface area contributed by atoms with Crippen molar-refractivity contribution in [3.05, 3.63) is 52.3 Å². The Morgan fingerprint density at radius 1 is 0.963 bits per heavy atom. The van der Waals surface area contributed by atoms with Gasteiger partial charge in [-0.3, -0.25) is 4.90 Å². The molecule has 0 aliphatic carbocycles. The Balaban J connectivity index is 1.60.